The summed E-state index contributed by atoms with van der Waals surface area (Å²) in [6.07, 6.45) is 4.01. The van der Waals surface area contributed by atoms with Crippen LogP contribution in [-0.4, -0.2) is 27.2 Å². The molecule has 0 saturated heterocycles. The minimum absolute atomic E-state index is 0.130. The zero-order chi connectivity index (χ0) is 18.8. The minimum atomic E-state index is -0.130. The fourth-order valence-corrected chi connectivity index (χ4v) is 3.08. The average Bonchev–Trinajstić information content (AvgIpc) is 3.44. The molecule has 0 unspecified atom stereocenters. The van der Waals surface area contributed by atoms with Crippen molar-refractivity contribution in [1.29, 1.82) is 0 Å². The molecule has 5 nitrogen and oxygen atoms in total. The van der Waals surface area contributed by atoms with Crippen LogP contribution in [0.15, 0.2) is 42.6 Å². The standard InChI is InChI=1S/C22H22N4O/c1-15(2)26-21-19(14-24-26)18(13-20(25-21)17-10-11-17)22(27)23-12-6-9-16-7-4-3-5-8-16/h3-5,7-8,13-15,17H,10-12H2,1-2H3,(H,23,27). The molecule has 2 heterocycles. The molecule has 27 heavy (non-hydrogen) atoms. The van der Waals surface area contributed by atoms with E-state index in [2.05, 4.69) is 36.1 Å². The lowest BCUT2D eigenvalue weighted by Crippen LogP contribution is -2.24. The van der Waals surface area contributed by atoms with Crippen molar-refractivity contribution in [1.82, 2.24) is 20.1 Å². The molecule has 0 bridgehead atoms. The molecule has 0 radical (unpaired) electrons. The van der Waals surface area contributed by atoms with Gasteiger partial charge in [-0.3, -0.25) is 4.79 Å². The van der Waals surface area contributed by atoms with Crippen LogP contribution in [0.3, 0.4) is 0 Å². The summed E-state index contributed by atoms with van der Waals surface area (Å²) < 4.78 is 1.88. The Morgan fingerprint density at radius 3 is 2.78 bits per heavy atom. The predicted octanol–water partition coefficient (Wildman–Crippen LogP) is 3.67. The van der Waals surface area contributed by atoms with Crippen LogP contribution in [0.5, 0.6) is 0 Å². The van der Waals surface area contributed by atoms with E-state index >= 15 is 0 Å². The highest BCUT2D eigenvalue weighted by Gasteiger charge is 2.28. The molecule has 1 amide bonds. The Morgan fingerprint density at radius 1 is 1.30 bits per heavy atom. The van der Waals surface area contributed by atoms with Crippen molar-refractivity contribution in [2.24, 2.45) is 0 Å². The molecule has 136 valence electrons. The molecule has 1 aliphatic carbocycles. The van der Waals surface area contributed by atoms with Gasteiger partial charge in [-0.2, -0.15) is 5.10 Å². The van der Waals surface area contributed by atoms with Gasteiger partial charge in [-0.1, -0.05) is 30.0 Å². The van der Waals surface area contributed by atoms with Crippen molar-refractivity contribution in [2.45, 2.75) is 38.6 Å². The molecule has 1 fully saturated rings. The maximum atomic E-state index is 12.8. The molecular formula is C22H22N4O. The number of aromatic nitrogens is 3. The first kappa shape index (κ1) is 17.3. The molecule has 1 saturated carbocycles. The third-order valence-electron chi connectivity index (χ3n) is 4.66. The topological polar surface area (TPSA) is 59.8 Å². The Hall–Kier alpha value is -3.13. The summed E-state index contributed by atoms with van der Waals surface area (Å²) in [6, 6.07) is 11.9. The zero-order valence-corrected chi connectivity index (χ0v) is 15.6. The van der Waals surface area contributed by atoms with Gasteiger partial charge in [-0.25, -0.2) is 9.67 Å². The molecule has 0 aliphatic heterocycles. The number of benzene rings is 1. The summed E-state index contributed by atoms with van der Waals surface area (Å²) in [7, 11) is 0. The fourth-order valence-electron chi connectivity index (χ4n) is 3.08. The summed E-state index contributed by atoms with van der Waals surface area (Å²) in [6.45, 7) is 4.43. The molecule has 4 rings (SSSR count). The monoisotopic (exact) mass is 358 g/mol. The normalized spacial score (nSPS) is 13.4. The van der Waals surface area contributed by atoms with Crippen LogP contribution < -0.4 is 5.32 Å². The fraction of sp³-hybridized carbons (Fsp3) is 0.318. The third-order valence-corrected chi connectivity index (χ3v) is 4.66. The second kappa shape index (κ2) is 7.24. The van der Waals surface area contributed by atoms with Crippen LogP contribution in [0, 0.1) is 11.8 Å². The van der Waals surface area contributed by atoms with Gasteiger partial charge in [0.15, 0.2) is 5.65 Å². The Kier molecular flexibility index (Phi) is 4.64. The second-order valence-electron chi connectivity index (χ2n) is 7.14. The van der Waals surface area contributed by atoms with Crippen LogP contribution in [0.4, 0.5) is 0 Å². The Bertz CT molecular complexity index is 1040. The van der Waals surface area contributed by atoms with Gasteiger partial charge in [0.2, 0.25) is 0 Å². The summed E-state index contributed by atoms with van der Waals surface area (Å²) in [5.41, 5.74) is 3.35. The van der Waals surface area contributed by atoms with E-state index in [-0.39, 0.29) is 11.9 Å². The summed E-state index contributed by atoms with van der Waals surface area (Å²) in [5, 5.41) is 8.14. The van der Waals surface area contributed by atoms with Crippen LogP contribution in [0.25, 0.3) is 11.0 Å². The predicted molar refractivity (Wildman–Crippen MR) is 106 cm³/mol. The van der Waals surface area contributed by atoms with Gasteiger partial charge in [0, 0.05) is 23.2 Å². The molecule has 0 atom stereocenters. The first-order valence-corrected chi connectivity index (χ1v) is 9.34. The maximum Gasteiger partial charge on any atom is 0.252 e. The molecule has 5 heteroatoms. The summed E-state index contributed by atoms with van der Waals surface area (Å²) in [4.78, 5) is 17.6. The van der Waals surface area contributed by atoms with Crippen LogP contribution in [-0.2, 0) is 0 Å². The zero-order valence-electron chi connectivity index (χ0n) is 15.6. The Morgan fingerprint density at radius 2 is 2.07 bits per heavy atom. The largest absolute Gasteiger partial charge is 0.341 e. The first-order chi connectivity index (χ1) is 13.1. The number of carbonyl (C=O) groups excluding carboxylic acids is 1. The molecule has 3 aromatic rings. The highest BCUT2D eigenvalue weighted by molar-refractivity contribution is 6.05. The van der Waals surface area contributed by atoms with Crippen LogP contribution >= 0.6 is 0 Å². The molecule has 0 spiro atoms. The number of hydrogen-bond donors (Lipinski definition) is 1. The van der Waals surface area contributed by atoms with Crippen molar-refractivity contribution in [3.63, 3.8) is 0 Å². The van der Waals surface area contributed by atoms with E-state index in [1.54, 1.807) is 6.20 Å². The van der Waals surface area contributed by atoms with Crippen molar-refractivity contribution < 1.29 is 4.79 Å². The van der Waals surface area contributed by atoms with Gasteiger partial charge in [-0.15, -0.1) is 0 Å². The van der Waals surface area contributed by atoms with Gasteiger partial charge in [0.1, 0.15) is 0 Å². The average molecular weight is 358 g/mol. The highest BCUT2D eigenvalue weighted by Crippen LogP contribution is 2.40. The Balaban J connectivity index is 1.58. The SMILES string of the molecule is CC(C)n1ncc2c(C(=O)NCC#Cc3ccccc3)cc(C3CC3)nc21. The quantitative estimate of drug-likeness (QED) is 0.724. The molecule has 2 aromatic heterocycles. The van der Waals surface area contributed by atoms with Crippen molar-refractivity contribution in [3.8, 4) is 11.8 Å². The van der Waals surface area contributed by atoms with E-state index in [1.165, 1.54) is 0 Å². The van der Waals surface area contributed by atoms with Gasteiger partial charge in [-0.05, 0) is 44.9 Å². The summed E-state index contributed by atoms with van der Waals surface area (Å²) in [5.74, 6) is 6.40. The molecular weight excluding hydrogens is 336 g/mol. The molecule has 1 aliphatic rings. The van der Waals surface area contributed by atoms with E-state index in [1.807, 2.05) is 41.1 Å². The van der Waals surface area contributed by atoms with Crippen LogP contribution in [0.2, 0.25) is 0 Å². The van der Waals surface area contributed by atoms with Crippen LogP contribution in [0.1, 0.15) is 60.3 Å². The number of fused-ring (bicyclic) bond motifs is 1. The molecule has 1 aromatic carbocycles. The first-order valence-electron chi connectivity index (χ1n) is 9.34. The number of pyridine rings is 1. The third kappa shape index (κ3) is 3.70. The number of carbonyl (C=O) groups is 1. The smallest absolute Gasteiger partial charge is 0.252 e. The van der Waals surface area contributed by atoms with Gasteiger partial charge < -0.3 is 5.32 Å². The van der Waals surface area contributed by atoms with Gasteiger partial charge in [0.25, 0.3) is 5.91 Å². The number of rotatable bonds is 4. The van der Waals surface area contributed by atoms with E-state index in [0.717, 1.165) is 35.1 Å². The summed E-state index contributed by atoms with van der Waals surface area (Å²) >= 11 is 0. The number of amides is 1. The van der Waals surface area contributed by atoms with Crippen molar-refractivity contribution >= 4 is 16.9 Å². The van der Waals surface area contributed by atoms with Crippen molar-refractivity contribution in [2.75, 3.05) is 6.54 Å². The van der Waals surface area contributed by atoms with Gasteiger partial charge in [0.05, 0.1) is 23.7 Å². The lowest BCUT2D eigenvalue weighted by molar-refractivity contribution is 0.0960. The van der Waals surface area contributed by atoms with Crippen molar-refractivity contribution in [3.05, 3.63) is 59.4 Å². The van der Waals surface area contributed by atoms with E-state index in [9.17, 15) is 4.79 Å². The van der Waals surface area contributed by atoms with E-state index in [0.29, 0.717) is 18.0 Å². The number of nitrogens with zero attached hydrogens (tertiary/aromatic N) is 3. The second-order valence-corrected chi connectivity index (χ2v) is 7.14. The van der Waals surface area contributed by atoms with Gasteiger partial charge >= 0.3 is 0 Å². The lowest BCUT2D eigenvalue weighted by Gasteiger charge is -2.10. The maximum absolute atomic E-state index is 12.8. The highest BCUT2D eigenvalue weighted by atomic mass is 16.1. The number of nitrogens with one attached hydrogen (secondary N) is 1. The van der Waals surface area contributed by atoms with E-state index in [4.69, 9.17) is 4.98 Å². The Labute approximate surface area is 158 Å². The number of hydrogen-bond acceptors (Lipinski definition) is 3. The van der Waals surface area contributed by atoms with E-state index < -0.39 is 0 Å². The molecule has 1 N–H and O–H groups in total. The minimum Gasteiger partial charge on any atom is -0.341 e. The lowest BCUT2D eigenvalue weighted by atomic mass is 10.1.